The highest BCUT2D eigenvalue weighted by atomic mass is 35.5. The molecule has 2 aromatic rings. The topological polar surface area (TPSA) is 12.9 Å². The second kappa shape index (κ2) is 5.55. The predicted octanol–water partition coefficient (Wildman–Crippen LogP) is 4.20. The molecule has 1 heterocycles. The van der Waals surface area contributed by atoms with Crippen molar-refractivity contribution in [3.8, 4) is 0 Å². The number of halogens is 1. The molecule has 3 heteroatoms. The van der Waals surface area contributed by atoms with E-state index in [4.69, 9.17) is 11.6 Å². The largest absolute Gasteiger partial charge is 0.249 e. The number of hydrogen-bond donors (Lipinski definition) is 0. The zero-order chi connectivity index (χ0) is 11.4. The average Bonchev–Trinajstić information content (AvgIpc) is 2.35. The average molecular weight is 252 g/mol. The molecule has 0 aliphatic rings. The molecule has 16 heavy (non-hydrogen) atoms. The van der Waals surface area contributed by atoms with Crippen LogP contribution in [0.3, 0.4) is 0 Å². The zero-order valence-corrected chi connectivity index (χ0v) is 10.8. The third kappa shape index (κ3) is 2.69. The van der Waals surface area contributed by atoms with Crippen LogP contribution in [0.5, 0.6) is 0 Å². The Kier molecular flexibility index (Phi) is 4.08. The van der Waals surface area contributed by atoms with E-state index >= 15 is 0 Å². The van der Waals surface area contributed by atoms with Gasteiger partial charge in [0.2, 0.25) is 0 Å². The summed E-state index contributed by atoms with van der Waals surface area (Å²) >= 11 is 7.59. The van der Waals surface area contributed by atoms with Crippen molar-refractivity contribution in [1.29, 1.82) is 0 Å². The number of pyridine rings is 1. The Morgan fingerprint density at radius 1 is 1.31 bits per heavy atom. The van der Waals surface area contributed by atoms with E-state index in [-0.39, 0.29) is 0 Å². The van der Waals surface area contributed by atoms with Crippen LogP contribution in [-0.2, 0) is 0 Å². The van der Waals surface area contributed by atoms with Crippen LogP contribution < -0.4 is 0 Å². The smallest absolute Gasteiger partial charge is 0.104 e. The minimum Gasteiger partial charge on any atom is -0.249 e. The highest BCUT2D eigenvalue weighted by Crippen LogP contribution is 2.26. The maximum Gasteiger partial charge on any atom is 0.104 e. The molecule has 1 aromatic carbocycles. The summed E-state index contributed by atoms with van der Waals surface area (Å²) in [4.78, 5) is 4.43. The number of alkyl halides is 1. The van der Waals surface area contributed by atoms with E-state index in [0.29, 0.717) is 11.8 Å². The Bertz CT molecular complexity index is 467. The normalized spacial score (nSPS) is 12.9. The Labute approximate surface area is 105 Å². The number of rotatable bonds is 4. The minimum absolute atomic E-state index is 0.521. The molecule has 0 N–H and O–H groups in total. The molecule has 1 aromatic heterocycles. The number of hydrogen-bond acceptors (Lipinski definition) is 2. The lowest BCUT2D eigenvalue weighted by Gasteiger charge is -2.08. The van der Waals surface area contributed by atoms with Gasteiger partial charge < -0.3 is 0 Å². The summed E-state index contributed by atoms with van der Waals surface area (Å²) < 4.78 is 0. The van der Waals surface area contributed by atoms with E-state index in [1.807, 2.05) is 12.3 Å². The molecule has 1 unspecified atom stereocenters. The van der Waals surface area contributed by atoms with Gasteiger partial charge in [0, 0.05) is 23.2 Å². The van der Waals surface area contributed by atoms with E-state index in [1.165, 1.54) is 10.8 Å². The van der Waals surface area contributed by atoms with Crippen molar-refractivity contribution < 1.29 is 0 Å². The van der Waals surface area contributed by atoms with E-state index in [9.17, 15) is 0 Å². The Morgan fingerprint density at radius 2 is 2.12 bits per heavy atom. The third-order valence-electron chi connectivity index (χ3n) is 2.41. The SMILES string of the molecule is CC(CCl)CSc1nccc2ccccc12. The fourth-order valence-corrected chi connectivity index (χ4v) is 2.75. The summed E-state index contributed by atoms with van der Waals surface area (Å²) in [5.41, 5.74) is 0. The summed E-state index contributed by atoms with van der Waals surface area (Å²) in [5.74, 6) is 2.25. The quantitative estimate of drug-likeness (QED) is 0.597. The second-order valence-corrected chi connectivity index (χ2v) is 5.23. The Balaban J connectivity index is 2.23. The fourth-order valence-electron chi connectivity index (χ4n) is 1.47. The van der Waals surface area contributed by atoms with Crippen LogP contribution in [-0.4, -0.2) is 16.6 Å². The van der Waals surface area contributed by atoms with E-state index in [0.717, 1.165) is 10.8 Å². The first-order valence-corrected chi connectivity index (χ1v) is 6.86. The first kappa shape index (κ1) is 11.7. The molecule has 0 saturated carbocycles. The van der Waals surface area contributed by atoms with Crippen molar-refractivity contribution in [3.63, 3.8) is 0 Å². The lowest BCUT2D eigenvalue weighted by Crippen LogP contribution is -1.99. The zero-order valence-electron chi connectivity index (χ0n) is 9.19. The summed E-state index contributed by atoms with van der Waals surface area (Å²) in [5, 5.41) is 3.59. The van der Waals surface area contributed by atoms with Gasteiger partial charge in [-0.15, -0.1) is 23.4 Å². The van der Waals surface area contributed by atoms with Crippen LogP contribution in [0.15, 0.2) is 41.6 Å². The number of nitrogens with zero attached hydrogens (tertiary/aromatic N) is 1. The number of benzene rings is 1. The van der Waals surface area contributed by atoms with Crippen molar-refractivity contribution in [2.45, 2.75) is 11.9 Å². The Morgan fingerprint density at radius 3 is 2.94 bits per heavy atom. The maximum absolute atomic E-state index is 5.80. The fraction of sp³-hybridized carbons (Fsp3) is 0.308. The van der Waals surface area contributed by atoms with Gasteiger partial charge in [0.25, 0.3) is 0 Å². The van der Waals surface area contributed by atoms with E-state index in [1.54, 1.807) is 11.8 Å². The van der Waals surface area contributed by atoms with Gasteiger partial charge in [0.1, 0.15) is 5.03 Å². The molecule has 2 rings (SSSR count). The van der Waals surface area contributed by atoms with Gasteiger partial charge >= 0.3 is 0 Å². The molecule has 0 amide bonds. The second-order valence-electron chi connectivity index (χ2n) is 3.91. The van der Waals surface area contributed by atoms with Crippen LogP contribution in [0.4, 0.5) is 0 Å². The van der Waals surface area contributed by atoms with Gasteiger partial charge in [-0.05, 0) is 17.4 Å². The first-order valence-electron chi connectivity index (χ1n) is 5.34. The van der Waals surface area contributed by atoms with E-state index < -0.39 is 0 Å². The van der Waals surface area contributed by atoms with Crippen LogP contribution in [0.25, 0.3) is 10.8 Å². The lowest BCUT2D eigenvalue weighted by molar-refractivity contribution is 0.758. The van der Waals surface area contributed by atoms with Crippen molar-refractivity contribution in [1.82, 2.24) is 4.98 Å². The van der Waals surface area contributed by atoms with Crippen molar-refractivity contribution >= 4 is 34.1 Å². The molecule has 0 aliphatic heterocycles. The third-order valence-corrected chi connectivity index (χ3v) is 4.27. The Hall–Kier alpha value is -0.730. The molecular weight excluding hydrogens is 238 g/mol. The highest BCUT2D eigenvalue weighted by molar-refractivity contribution is 7.99. The van der Waals surface area contributed by atoms with E-state index in [2.05, 4.69) is 36.2 Å². The maximum atomic E-state index is 5.80. The van der Waals surface area contributed by atoms with Gasteiger partial charge in [-0.25, -0.2) is 4.98 Å². The number of thioether (sulfide) groups is 1. The summed E-state index contributed by atoms with van der Waals surface area (Å²) in [7, 11) is 0. The number of fused-ring (bicyclic) bond motifs is 1. The summed E-state index contributed by atoms with van der Waals surface area (Å²) in [6, 6.07) is 10.4. The molecule has 0 aliphatic carbocycles. The van der Waals surface area contributed by atoms with Crippen LogP contribution >= 0.6 is 23.4 Å². The van der Waals surface area contributed by atoms with Gasteiger partial charge in [-0.3, -0.25) is 0 Å². The van der Waals surface area contributed by atoms with Crippen LogP contribution in [0, 0.1) is 5.92 Å². The molecule has 0 bridgehead atoms. The molecule has 0 saturated heterocycles. The standard InChI is InChI=1S/C13H14ClNS/c1-10(8-14)9-16-13-12-5-3-2-4-11(12)6-7-15-13/h2-7,10H,8-9H2,1H3. The van der Waals surface area contributed by atoms with Gasteiger partial charge in [0.15, 0.2) is 0 Å². The van der Waals surface area contributed by atoms with Crippen molar-refractivity contribution in [3.05, 3.63) is 36.5 Å². The monoisotopic (exact) mass is 251 g/mol. The minimum atomic E-state index is 0.521. The van der Waals surface area contributed by atoms with Gasteiger partial charge in [-0.1, -0.05) is 31.2 Å². The lowest BCUT2D eigenvalue weighted by atomic mass is 10.2. The predicted molar refractivity (Wildman–Crippen MR) is 72.4 cm³/mol. The molecule has 0 fully saturated rings. The molecule has 0 spiro atoms. The highest BCUT2D eigenvalue weighted by Gasteiger charge is 2.05. The molecule has 1 atom stereocenters. The van der Waals surface area contributed by atoms with Crippen LogP contribution in [0.2, 0.25) is 0 Å². The molecule has 84 valence electrons. The number of aromatic nitrogens is 1. The summed E-state index contributed by atoms with van der Waals surface area (Å²) in [6.45, 7) is 2.16. The van der Waals surface area contributed by atoms with Crippen LogP contribution in [0.1, 0.15) is 6.92 Å². The first-order chi connectivity index (χ1) is 7.81. The van der Waals surface area contributed by atoms with Crippen molar-refractivity contribution in [2.24, 2.45) is 5.92 Å². The van der Waals surface area contributed by atoms with Gasteiger partial charge in [0.05, 0.1) is 0 Å². The summed E-state index contributed by atoms with van der Waals surface area (Å²) in [6.07, 6.45) is 1.87. The molecule has 0 radical (unpaired) electrons. The van der Waals surface area contributed by atoms with Gasteiger partial charge in [-0.2, -0.15) is 0 Å². The molecule has 1 nitrogen and oxygen atoms in total. The van der Waals surface area contributed by atoms with Crippen molar-refractivity contribution in [2.75, 3.05) is 11.6 Å². The molecular formula is C13H14ClNS.